The number of amides is 1. The topological polar surface area (TPSA) is 154 Å². The summed E-state index contributed by atoms with van der Waals surface area (Å²) >= 11 is 0. The largest absolute Gasteiger partial charge is 0.480 e. The molecule has 0 bridgehead atoms. The second-order valence-electron chi connectivity index (χ2n) is 7.30. The molecule has 1 amide bonds. The van der Waals surface area contributed by atoms with Crippen LogP contribution in [0, 0.1) is 5.41 Å². The van der Waals surface area contributed by atoms with E-state index >= 15 is 0 Å². The fourth-order valence-corrected chi connectivity index (χ4v) is 5.21. The molecular weight excluding hydrogens is 420 g/mol. The first-order chi connectivity index (χ1) is 14.7. The first-order valence-corrected chi connectivity index (χ1v) is 11.2. The van der Waals surface area contributed by atoms with Crippen LogP contribution in [-0.4, -0.2) is 54.2 Å². The number of nitrogens with one attached hydrogen (secondary N) is 2. The third-order valence-electron chi connectivity index (χ3n) is 5.18. The minimum absolute atomic E-state index is 0.0173. The fraction of sp³-hybridized carbons (Fsp3) is 0.286. The van der Waals surface area contributed by atoms with Gasteiger partial charge in [-0.1, -0.05) is 30.3 Å². The number of rotatable bonds is 8. The number of nitrogen functional groups attached to an aromatic ring is 1. The summed E-state index contributed by atoms with van der Waals surface area (Å²) in [7, 11) is -3.98. The van der Waals surface area contributed by atoms with E-state index in [9.17, 15) is 23.1 Å². The highest BCUT2D eigenvalue weighted by Gasteiger charge is 2.40. The Labute approximate surface area is 180 Å². The van der Waals surface area contributed by atoms with Crippen molar-refractivity contribution in [2.75, 3.05) is 6.54 Å². The zero-order valence-corrected chi connectivity index (χ0v) is 17.5. The molecule has 2 aromatic rings. The van der Waals surface area contributed by atoms with Crippen LogP contribution in [0.1, 0.15) is 24.0 Å². The molecule has 1 fully saturated rings. The maximum atomic E-state index is 13.1. The number of nitrogens with zero attached hydrogens (tertiary/aromatic N) is 1. The van der Waals surface area contributed by atoms with E-state index < -0.39 is 34.0 Å². The molecule has 2 aromatic carbocycles. The van der Waals surface area contributed by atoms with E-state index in [1.54, 1.807) is 24.3 Å². The quantitative estimate of drug-likeness (QED) is 0.351. The maximum Gasteiger partial charge on any atom is 0.326 e. The number of carbonyl (C=O) groups excluding carboxylic acids is 1. The summed E-state index contributed by atoms with van der Waals surface area (Å²) in [6, 6.07) is 12.3. The van der Waals surface area contributed by atoms with E-state index in [-0.39, 0.29) is 23.7 Å². The third kappa shape index (κ3) is 5.09. The first kappa shape index (κ1) is 22.4. The van der Waals surface area contributed by atoms with Gasteiger partial charge in [0, 0.05) is 18.5 Å². The molecular formula is C21H24N4O5S. The Balaban J connectivity index is 1.77. The first-order valence-electron chi connectivity index (χ1n) is 9.73. The number of nitrogens with two attached hydrogens (primary N) is 1. The van der Waals surface area contributed by atoms with Crippen LogP contribution in [0.4, 0.5) is 0 Å². The van der Waals surface area contributed by atoms with Crippen molar-refractivity contribution in [3.8, 4) is 0 Å². The van der Waals surface area contributed by atoms with Crippen LogP contribution in [0.5, 0.6) is 0 Å². The van der Waals surface area contributed by atoms with Crippen LogP contribution in [0.3, 0.4) is 0 Å². The highest BCUT2D eigenvalue weighted by molar-refractivity contribution is 7.89. The summed E-state index contributed by atoms with van der Waals surface area (Å²) in [6.45, 7) is 0.158. The molecule has 0 unspecified atom stereocenters. The number of hydrogen-bond acceptors (Lipinski definition) is 5. The Bertz CT molecular complexity index is 1070. The highest BCUT2D eigenvalue weighted by atomic mass is 32.2. The average Bonchev–Trinajstić information content (AvgIpc) is 3.25. The van der Waals surface area contributed by atoms with E-state index in [1.807, 2.05) is 6.07 Å². The molecule has 0 spiro atoms. The molecule has 31 heavy (non-hydrogen) atoms. The van der Waals surface area contributed by atoms with Gasteiger partial charge in [0.1, 0.15) is 17.9 Å². The Kier molecular flexibility index (Phi) is 6.71. The van der Waals surface area contributed by atoms with Gasteiger partial charge in [-0.15, -0.1) is 0 Å². The summed E-state index contributed by atoms with van der Waals surface area (Å²) in [6.07, 6.45) is 0.876. The number of aliphatic carboxylic acids is 1. The van der Waals surface area contributed by atoms with Crippen LogP contribution in [0.15, 0.2) is 59.5 Å². The molecule has 0 saturated carbocycles. The lowest BCUT2D eigenvalue weighted by molar-refractivity contribution is -0.142. The molecule has 10 heteroatoms. The maximum absolute atomic E-state index is 13.1. The van der Waals surface area contributed by atoms with Crippen molar-refractivity contribution >= 4 is 27.7 Å². The highest BCUT2D eigenvalue weighted by Crippen LogP contribution is 2.26. The Morgan fingerprint density at radius 2 is 1.81 bits per heavy atom. The number of carboxylic acids is 1. The van der Waals surface area contributed by atoms with Crippen molar-refractivity contribution < 1.29 is 23.1 Å². The van der Waals surface area contributed by atoms with Crippen molar-refractivity contribution in [1.29, 1.82) is 5.41 Å². The van der Waals surface area contributed by atoms with Gasteiger partial charge in [-0.2, -0.15) is 4.31 Å². The van der Waals surface area contributed by atoms with Crippen molar-refractivity contribution in [3.05, 3.63) is 65.7 Å². The number of sulfonamides is 1. The molecule has 164 valence electrons. The summed E-state index contributed by atoms with van der Waals surface area (Å²) in [5, 5.41) is 19.4. The lowest BCUT2D eigenvalue weighted by Gasteiger charge is -2.25. The van der Waals surface area contributed by atoms with Gasteiger partial charge in [0.05, 0.1) is 4.90 Å². The van der Waals surface area contributed by atoms with Crippen LogP contribution < -0.4 is 11.1 Å². The molecule has 0 radical (unpaired) electrons. The van der Waals surface area contributed by atoms with Gasteiger partial charge in [-0.05, 0) is 42.7 Å². The van der Waals surface area contributed by atoms with Crippen LogP contribution in [0.2, 0.25) is 0 Å². The Morgan fingerprint density at radius 3 is 2.39 bits per heavy atom. The Morgan fingerprint density at radius 1 is 1.16 bits per heavy atom. The van der Waals surface area contributed by atoms with Crippen LogP contribution in [-0.2, 0) is 26.0 Å². The van der Waals surface area contributed by atoms with Gasteiger partial charge in [0.2, 0.25) is 15.9 Å². The smallest absolute Gasteiger partial charge is 0.326 e. The third-order valence-corrected chi connectivity index (χ3v) is 7.10. The van der Waals surface area contributed by atoms with Crippen molar-refractivity contribution in [2.24, 2.45) is 5.73 Å². The number of hydrogen-bond donors (Lipinski definition) is 4. The summed E-state index contributed by atoms with van der Waals surface area (Å²) in [5.41, 5.74) is 6.54. The van der Waals surface area contributed by atoms with Crippen molar-refractivity contribution in [1.82, 2.24) is 9.62 Å². The van der Waals surface area contributed by atoms with Gasteiger partial charge < -0.3 is 16.2 Å². The lowest BCUT2D eigenvalue weighted by Crippen LogP contribution is -2.51. The van der Waals surface area contributed by atoms with Crippen LogP contribution >= 0.6 is 0 Å². The molecule has 9 nitrogen and oxygen atoms in total. The minimum atomic E-state index is -3.98. The van der Waals surface area contributed by atoms with E-state index in [1.165, 1.54) is 24.3 Å². The second-order valence-corrected chi connectivity index (χ2v) is 9.19. The molecule has 1 saturated heterocycles. The van der Waals surface area contributed by atoms with Gasteiger partial charge in [0.15, 0.2) is 0 Å². The Hall–Kier alpha value is -3.24. The molecule has 1 aliphatic rings. The summed E-state index contributed by atoms with van der Waals surface area (Å²) < 4.78 is 27.3. The van der Waals surface area contributed by atoms with Crippen molar-refractivity contribution in [2.45, 2.75) is 36.2 Å². The fourth-order valence-electron chi connectivity index (χ4n) is 3.55. The normalized spacial score (nSPS) is 17.7. The second kappa shape index (κ2) is 9.27. The van der Waals surface area contributed by atoms with Gasteiger partial charge in [0.25, 0.3) is 0 Å². The average molecular weight is 445 g/mol. The number of carboxylic acid groups (broad SMARTS) is 1. The lowest BCUT2D eigenvalue weighted by atomic mass is 10.1. The molecule has 0 aliphatic carbocycles. The molecule has 3 rings (SSSR count). The zero-order chi connectivity index (χ0) is 22.6. The predicted molar refractivity (Wildman–Crippen MR) is 114 cm³/mol. The van der Waals surface area contributed by atoms with Gasteiger partial charge >= 0.3 is 5.97 Å². The van der Waals surface area contributed by atoms with E-state index in [4.69, 9.17) is 11.1 Å². The minimum Gasteiger partial charge on any atom is -0.480 e. The number of carbonyl (C=O) groups is 2. The SMILES string of the molecule is N=C(N)c1ccc(S(=O)(=O)N2CCC[C@H]2C(=O)N[C@@H](Cc2ccccc2)C(=O)O)cc1. The van der Waals surface area contributed by atoms with E-state index in [0.29, 0.717) is 18.4 Å². The standard InChI is InChI=1S/C21H24N4O5S/c22-19(23)15-8-10-16(11-9-15)31(29,30)25-12-4-7-18(25)20(26)24-17(21(27)28)13-14-5-2-1-3-6-14/h1-3,5-6,8-11,17-18H,4,7,12-13H2,(H3,22,23)(H,24,26)(H,27,28)/t17-,18-/m0/s1. The molecule has 1 heterocycles. The molecule has 2 atom stereocenters. The summed E-state index contributed by atoms with van der Waals surface area (Å²) in [4.78, 5) is 24.5. The number of benzene rings is 2. The zero-order valence-electron chi connectivity index (χ0n) is 16.7. The van der Waals surface area contributed by atoms with E-state index in [2.05, 4.69) is 5.32 Å². The van der Waals surface area contributed by atoms with Gasteiger partial charge in [-0.3, -0.25) is 10.2 Å². The molecule has 5 N–H and O–H groups in total. The molecule has 1 aliphatic heterocycles. The monoisotopic (exact) mass is 444 g/mol. The van der Waals surface area contributed by atoms with Crippen LogP contribution in [0.25, 0.3) is 0 Å². The molecule has 0 aromatic heterocycles. The predicted octanol–water partition coefficient (Wildman–Crippen LogP) is 0.936. The van der Waals surface area contributed by atoms with Crippen molar-refractivity contribution in [3.63, 3.8) is 0 Å². The van der Waals surface area contributed by atoms with E-state index in [0.717, 1.165) is 9.87 Å². The summed E-state index contributed by atoms with van der Waals surface area (Å²) in [5.74, 6) is -2.00. The number of amidine groups is 1. The van der Waals surface area contributed by atoms with Gasteiger partial charge in [-0.25, -0.2) is 13.2 Å².